The third-order valence-corrected chi connectivity index (χ3v) is 4.16. The fourth-order valence-corrected chi connectivity index (χ4v) is 2.77. The highest BCUT2D eigenvalue weighted by Crippen LogP contribution is 2.28. The van der Waals surface area contributed by atoms with E-state index in [1.807, 2.05) is 4.57 Å². The molecular formula is C15H19FN4OS. The second-order valence-corrected chi connectivity index (χ2v) is 6.76. The van der Waals surface area contributed by atoms with E-state index in [9.17, 15) is 9.18 Å². The van der Waals surface area contributed by atoms with Gasteiger partial charge in [-0.1, -0.05) is 37.7 Å². The maximum absolute atomic E-state index is 14.0. The number of rotatable bonds is 6. The Morgan fingerprint density at radius 2 is 2.00 bits per heavy atom. The lowest BCUT2D eigenvalue weighted by atomic mass is 10.2. The third kappa shape index (κ3) is 3.65. The Bertz CT molecular complexity index is 671. The summed E-state index contributed by atoms with van der Waals surface area (Å²) in [5, 5.41) is 8.36. The first-order chi connectivity index (χ1) is 10.4. The minimum Gasteiger partial charge on any atom is -0.369 e. The molecule has 0 aliphatic carbocycles. The monoisotopic (exact) mass is 322 g/mol. The summed E-state index contributed by atoms with van der Waals surface area (Å²) in [6.07, 6.45) is 0. The number of hydrogen-bond acceptors (Lipinski definition) is 4. The quantitative estimate of drug-likeness (QED) is 0.830. The Morgan fingerprint density at radius 3 is 2.59 bits per heavy atom. The van der Waals surface area contributed by atoms with Crippen molar-refractivity contribution in [1.82, 2.24) is 14.8 Å². The summed E-state index contributed by atoms with van der Waals surface area (Å²) in [6, 6.07) is 6.45. The van der Waals surface area contributed by atoms with Crippen LogP contribution in [-0.4, -0.2) is 25.9 Å². The van der Waals surface area contributed by atoms with E-state index in [-0.39, 0.29) is 5.82 Å². The van der Waals surface area contributed by atoms with Gasteiger partial charge in [0, 0.05) is 6.54 Å². The van der Waals surface area contributed by atoms with Gasteiger partial charge in [0.15, 0.2) is 11.0 Å². The molecule has 0 saturated carbocycles. The van der Waals surface area contributed by atoms with Crippen molar-refractivity contribution in [3.05, 3.63) is 30.1 Å². The van der Waals surface area contributed by atoms with Gasteiger partial charge < -0.3 is 10.3 Å². The summed E-state index contributed by atoms with van der Waals surface area (Å²) in [5.41, 5.74) is 5.70. The smallest absolute Gasteiger partial charge is 0.230 e. The number of thioether (sulfide) groups is 1. The normalized spacial score (nSPS) is 12.6. The van der Waals surface area contributed by atoms with E-state index in [1.54, 1.807) is 25.1 Å². The van der Waals surface area contributed by atoms with Crippen LogP contribution in [0.3, 0.4) is 0 Å². The van der Waals surface area contributed by atoms with Crippen molar-refractivity contribution in [3.8, 4) is 11.4 Å². The van der Waals surface area contributed by atoms with Crippen molar-refractivity contribution in [3.63, 3.8) is 0 Å². The van der Waals surface area contributed by atoms with Gasteiger partial charge in [-0.2, -0.15) is 0 Å². The predicted octanol–water partition coefficient (Wildman–Crippen LogP) is 2.71. The highest BCUT2D eigenvalue weighted by Gasteiger charge is 2.21. The second kappa shape index (κ2) is 6.91. The molecule has 0 saturated heterocycles. The average molecular weight is 322 g/mol. The minimum absolute atomic E-state index is 0.324. The third-order valence-electron chi connectivity index (χ3n) is 3.06. The molecule has 0 aliphatic heterocycles. The first kappa shape index (κ1) is 16.5. The van der Waals surface area contributed by atoms with E-state index in [2.05, 4.69) is 24.0 Å². The molecule has 0 bridgehead atoms. The molecule has 0 fully saturated rings. The average Bonchev–Trinajstić information content (AvgIpc) is 2.81. The molecule has 1 aromatic carbocycles. The molecule has 5 nitrogen and oxygen atoms in total. The molecule has 2 aromatic rings. The number of nitrogens with two attached hydrogens (primary N) is 1. The van der Waals surface area contributed by atoms with Crippen molar-refractivity contribution in [2.24, 2.45) is 11.7 Å². The Hall–Kier alpha value is -1.89. The summed E-state index contributed by atoms with van der Waals surface area (Å²) in [4.78, 5) is 11.3. The number of carbonyl (C=O) groups excluding carboxylic acids is 1. The molecule has 1 aromatic heterocycles. The largest absolute Gasteiger partial charge is 0.369 e. The molecule has 1 amide bonds. The molecule has 0 radical (unpaired) electrons. The van der Waals surface area contributed by atoms with Gasteiger partial charge in [-0.15, -0.1) is 10.2 Å². The van der Waals surface area contributed by atoms with Crippen molar-refractivity contribution in [2.45, 2.75) is 37.7 Å². The Kier molecular flexibility index (Phi) is 5.18. The van der Waals surface area contributed by atoms with E-state index in [4.69, 9.17) is 5.73 Å². The van der Waals surface area contributed by atoms with Gasteiger partial charge in [-0.3, -0.25) is 4.79 Å². The summed E-state index contributed by atoms with van der Waals surface area (Å²) >= 11 is 1.23. The fraction of sp³-hybridized carbons (Fsp3) is 0.400. The van der Waals surface area contributed by atoms with Crippen molar-refractivity contribution in [1.29, 1.82) is 0 Å². The van der Waals surface area contributed by atoms with Crippen molar-refractivity contribution < 1.29 is 9.18 Å². The lowest BCUT2D eigenvalue weighted by Gasteiger charge is -2.14. The molecule has 7 heteroatoms. The van der Waals surface area contributed by atoms with Gasteiger partial charge in [0.05, 0.1) is 10.8 Å². The van der Waals surface area contributed by atoms with Crippen LogP contribution in [-0.2, 0) is 11.3 Å². The molecular weight excluding hydrogens is 303 g/mol. The molecule has 0 aliphatic rings. The second-order valence-electron chi connectivity index (χ2n) is 5.45. The number of aromatic nitrogens is 3. The number of hydrogen-bond donors (Lipinski definition) is 1. The Labute approximate surface area is 133 Å². The summed E-state index contributed by atoms with van der Waals surface area (Å²) in [6.45, 7) is 6.45. The van der Waals surface area contributed by atoms with Crippen LogP contribution in [0, 0.1) is 11.7 Å². The number of amides is 1. The van der Waals surface area contributed by atoms with Crippen LogP contribution in [0.15, 0.2) is 29.4 Å². The first-order valence-corrected chi connectivity index (χ1v) is 7.92. The van der Waals surface area contributed by atoms with Crippen molar-refractivity contribution >= 4 is 17.7 Å². The number of primary amides is 1. The maximum atomic E-state index is 14.0. The summed E-state index contributed by atoms with van der Waals surface area (Å²) in [7, 11) is 0. The molecule has 1 heterocycles. The Morgan fingerprint density at radius 1 is 1.32 bits per heavy atom. The highest BCUT2D eigenvalue weighted by atomic mass is 32.2. The van der Waals surface area contributed by atoms with Crippen LogP contribution in [0.2, 0.25) is 0 Å². The number of halogens is 1. The van der Waals surface area contributed by atoms with Crippen LogP contribution < -0.4 is 5.73 Å². The predicted molar refractivity (Wildman–Crippen MR) is 84.8 cm³/mol. The van der Waals surface area contributed by atoms with E-state index >= 15 is 0 Å². The van der Waals surface area contributed by atoms with Crippen LogP contribution in [0.1, 0.15) is 20.8 Å². The first-order valence-electron chi connectivity index (χ1n) is 7.04. The lowest BCUT2D eigenvalue weighted by molar-refractivity contribution is -0.117. The van der Waals surface area contributed by atoms with E-state index in [0.29, 0.717) is 29.0 Å². The molecule has 118 valence electrons. The van der Waals surface area contributed by atoms with Crippen molar-refractivity contribution in [2.75, 3.05) is 0 Å². The van der Waals surface area contributed by atoms with Crippen LogP contribution in [0.5, 0.6) is 0 Å². The SMILES string of the molecule is CC(C)Cn1c(S[C@H](C)C(N)=O)nnc1-c1ccccc1F. The van der Waals surface area contributed by atoms with E-state index in [1.165, 1.54) is 17.8 Å². The molecule has 1 atom stereocenters. The van der Waals surface area contributed by atoms with Crippen LogP contribution in [0.4, 0.5) is 4.39 Å². The zero-order valence-corrected chi connectivity index (χ0v) is 13.6. The number of benzene rings is 1. The molecule has 0 unspecified atom stereocenters. The summed E-state index contributed by atoms with van der Waals surface area (Å²) < 4.78 is 15.9. The van der Waals surface area contributed by atoms with Gasteiger partial charge in [0.2, 0.25) is 5.91 Å². The standard InChI is InChI=1S/C15H19FN4OS/c1-9(2)8-20-14(11-6-4-5-7-12(11)16)18-19-15(20)22-10(3)13(17)21/h4-7,9-10H,8H2,1-3H3,(H2,17,21)/t10-/m1/s1. The van der Waals surface area contributed by atoms with Gasteiger partial charge in [0.25, 0.3) is 0 Å². The minimum atomic E-state index is -0.427. The van der Waals surface area contributed by atoms with Gasteiger partial charge in [-0.05, 0) is 25.0 Å². The molecule has 2 rings (SSSR count). The fourth-order valence-electron chi connectivity index (χ4n) is 1.96. The number of carbonyl (C=O) groups is 1. The number of nitrogens with zero attached hydrogens (tertiary/aromatic N) is 3. The molecule has 2 N–H and O–H groups in total. The zero-order valence-electron chi connectivity index (χ0n) is 12.8. The molecule has 0 spiro atoms. The van der Waals surface area contributed by atoms with Crippen LogP contribution in [0.25, 0.3) is 11.4 Å². The highest BCUT2D eigenvalue weighted by molar-refractivity contribution is 8.00. The van der Waals surface area contributed by atoms with Crippen LogP contribution >= 0.6 is 11.8 Å². The van der Waals surface area contributed by atoms with Gasteiger partial charge in [-0.25, -0.2) is 4.39 Å². The van der Waals surface area contributed by atoms with Gasteiger partial charge >= 0.3 is 0 Å². The van der Waals surface area contributed by atoms with E-state index < -0.39 is 11.2 Å². The lowest BCUT2D eigenvalue weighted by Crippen LogP contribution is -2.23. The Balaban J connectivity index is 2.45. The molecule has 22 heavy (non-hydrogen) atoms. The topological polar surface area (TPSA) is 73.8 Å². The van der Waals surface area contributed by atoms with Gasteiger partial charge in [0.1, 0.15) is 5.82 Å². The van der Waals surface area contributed by atoms with E-state index in [0.717, 1.165) is 0 Å². The zero-order chi connectivity index (χ0) is 16.3. The maximum Gasteiger partial charge on any atom is 0.230 e. The summed E-state index contributed by atoms with van der Waals surface area (Å²) in [5.74, 6) is 0.0201.